The molecule has 1 aromatic heterocycles. The molecule has 0 aliphatic carbocycles. The van der Waals surface area contributed by atoms with Crippen LogP contribution in [0.5, 0.6) is 5.75 Å². The number of ether oxygens (including phenoxy) is 1. The van der Waals surface area contributed by atoms with Gasteiger partial charge in [-0.15, -0.1) is 0 Å². The summed E-state index contributed by atoms with van der Waals surface area (Å²) in [5, 5.41) is 4.02. The molecule has 27 heavy (non-hydrogen) atoms. The molecule has 2 heterocycles. The average molecular weight is 362 g/mol. The first-order chi connectivity index (χ1) is 13.3. The highest BCUT2D eigenvalue weighted by Gasteiger charge is 2.23. The number of nitrogens with zero attached hydrogens (tertiary/aromatic N) is 3. The summed E-state index contributed by atoms with van der Waals surface area (Å²) < 4.78 is 5.45. The van der Waals surface area contributed by atoms with E-state index in [0.717, 1.165) is 41.1 Å². The summed E-state index contributed by atoms with van der Waals surface area (Å²) in [6.45, 7) is 2.84. The van der Waals surface area contributed by atoms with Crippen LogP contribution in [0, 0.1) is 0 Å². The second kappa shape index (κ2) is 7.53. The summed E-state index contributed by atoms with van der Waals surface area (Å²) in [5.41, 5.74) is 2.62. The van der Waals surface area contributed by atoms with Crippen molar-refractivity contribution in [1.82, 2.24) is 9.88 Å². The van der Waals surface area contributed by atoms with E-state index in [2.05, 4.69) is 21.3 Å². The van der Waals surface area contributed by atoms with Gasteiger partial charge in [0, 0.05) is 37.8 Å². The van der Waals surface area contributed by atoms with Crippen molar-refractivity contribution >= 4 is 28.3 Å². The van der Waals surface area contributed by atoms with Crippen LogP contribution in [-0.4, -0.2) is 49.2 Å². The topological polar surface area (TPSA) is 57.7 Å². The molecule has 1 aliphatic heterocycles. The molecule has 1 aliphatic rings. The lowest BCUT2D eigenvalue weighted by Crippen LogP contribution is -2.50. The lowest BCUT2D eigenvalue weighted by atomic mass is 10.2. The molecule has 1 N–H and O–H groups in total. The molecule has 4 rings (SSSR count). The van der Waals surface area contributed by atoms with E-state index in [0.29, 0.717) is 13.1 Å². The smallest absolute Gasteiger partial charge is 0.322 e. The zero-order valence-electron chi connectivity index (χ0n) is 15.3. The molecule has 0 spiro atoms. The van der Waals surface area contributed by atoms with Gasteiger partial charge in [0.2, 0.25) is 0 Å². The number of amides is 2. The van der Waals surface area contributed by atoms with E-state index >= 15 is 0 Å². The van der Waals surface area contributed by atoms with Gasteiger partial charge < -0.3 is 19.9 Å². The molecule has 138 valence electrons. The number of benzene rings is 2. The van der Waals surface area contributed by atoms with Gasteiger partial charge in [0.25, 0.3) is 0 Å². The van der Waals surface area contributed by atoms with E-state index in [1.54, 1.807) is 13.3 Å². The summed E-state index contributed by atoms with van der Waals surface area (Å²) in [7, 11) is 1.68. The number of aromatic nitrogens is 1. The van der Waals surface area contributed by atoms with Crippen LogP contribution in [0.3, 0.4) is 0 Å². The number of nitrogens with one attached hydrogen (secondary N) is 1. The number of piperazine rings is 1. The zero-order chi connectivity index (χ0) is 18.6. The number of urea groups is 1. The first-order valence-corrected chi connectivity index (χ1v) is 9.04. The molecule has 0 bridgehead atoms. The summed E-state index contributed by atoms with van der Waals surface area (Å²) in [4.78, 5) is 21.2. The van der Waals surface area contributed by atoms with Gasteiger partial charge in [-0.05, 0) is 24.3 Å². The third-order valence-corrected chi connectivity index (χ3v) is 4.87. The Morgan fingerprint density at radius 2 is 1.78 bits per heavy atom. The Balaban J connectivity index is 1.43. The number of para-hydroxylation sites is 3. The molecular formula is C21H22N4O2. The molecule has 3 aromatic rings. The van der Waals surface area contributed by atoms with Crippen molar-refractivity contribution in [3.63, 3.8) is 0 Å². The predicted octanol–water partition coefficient (Wildman–Crippen LogP) is 3.60. The normalized spacial score (nSPS) is 14.3. The molecule has 1 saturated heterocycles. The van der Waals surface area contributed by atoms with E-state index < -0.39 is 0 Å². The quantitative estimate of drug-likeness (QED) is 0.773. The van der Waals surface area contributed by atoms with Gasteiger partial charge in [0.1, 0.15) is 5.75 Å². The summed E-state index contributed by atoms with van der Waals surface area (Å²) in [5.74, 6) is 0.859. The molecule has 0 saturated carbocycles. The van der Waals surface area contributed by atoms with Crippen LogP contribution < -0.4 is 15.0 Å². The van der Waals surface area contributed by atoms with Gasteiger partial charge in [-0.1, -0.05) is 30.3 Å². The van der Waals surface area contributed by atoms with Gasteiger partial charge in [-0.2, -0.15) is 0 Å². The van der Waals surface area contributed by atoms with Gasteiger partial charge in [0.15, 0.2) is 0 Å². The fourth-order valence-electron chi connectivity index (χ4n) is 3.44. The Bertz CT molecular complexity index is 946. The van der Waals surface area contributed by atoms with Crippen LogP contribution >= 0.6 is 0 Å². The van der Waals surface area contributed by atoms with Crippen molar-refractivity contribution in [3.05, 3.63) is 60.8 Å². The van der Waals surface area contributed by atoms with E-state index in [9.17, 15) is 4.79 Å². The van der Waals surface area contributed by atoms with Crippen molar-refractivity contribution in [2.24, 2.45) is 0 Å². The lowest BCUT2D eigenvalue weighted by molar-refractivity contribution is 0.208. The SMILES string of the molecule is COc1ccccc1N1CCN(C(=O)Nc2cccc3cccnc23)CC1. The number of hydrogen-bond acceptors (Lipinski definition) is 4. The molecule has 0 atom stereocenters. The molecule has 2 aromatic carbocycles. The van der Waals surface area contributed by atoms with Gasteiger partial charge in [-0.3, -0.25) is 4.98 Å². The standard InChI is InChI=1S/C21H22N4O2/c1-27-19-10-3-2-9-18(19)24-12-14-25(15-13-24)21(26)23-17-8-4-6-16-7-5-11-22-20(16)17/h2-11H,12-15H2,1H3,(H,23,26). The van der Waals surface area contributed by atoms with E-state index in [1.165, 1.54) is 0 Å². The number of hydrogen-bond donors (Lipinski definition) is 1. The molecule has 2 amide bonds. The first kappa shape index (κ1) is 17.1. The molecule has 6 heteroatoms. The van der Waals surface area contributed by atoms with Crippen molar-refractivity contribution in [1.29, 1.82) is 0 Å². The highest BCUT2D eigenvalue weighted by Crippen LogP contribution is 2.28. The average Bonchev–Trinajstić information content (AvgIpc) is 2.74. The molecule has 6 nitrogen and oxygen atoms in total. The van der Waals surface area contributed by atoms with E-state index in [4.69, 9.17) is 4.74 Å². The number of carbonyl (C=O) groups excluding carboxylic acids is 1. The number of carbonyl (C=O) groups is 1. The summed E-state index contributed by atoms with van der Waals surface area (Å²) >= 11 is 0. The number of methoxy groups -OCH3 is 1. The maximum atomic E-state index is 12.7. The molecule has 0 radical (unpaired) electrons. The minimum absolute atomic E-state index is 0.0900. The first-order valence-electron chi connectivity index (χ1n) is 9.04. The number of fused-ring (bicyclic) bond motifs is 1. The van der Waals surface area contributed by atoms with Crippen LogP contribution in [0.1, 0.15) is 0 Å². The minimum atomic E-state index is -0.0900. The Kier molecular flexibility index (Phi) is 4.78. The molecular weight excluding hydrogens is 340 g/mol. The lowest BCUT2D eigenvalue weighted by Gasteiger charge is -2.36. The van der Waals surface area contributed by atoms with Gasteiger partial charge in [-0.25, -0.2) is 4.79 Å². The number of rotatable bonds is 3. The van der Waals surface area contributed by atoms with Crippen molar-refractivity contribution < 1.29 is 9.53 Å². The number of pyridine rings is 1. The minimum Gasteiger partial charge on any atom is -0.495 e. The fourth-order valence-corrected chi connectivity index (χ4v) is 3.44. The van der Waals surface area contributed by atoms with Gasteiger partial charge >= 0.3 is 6.03 Å². The van der Waals surface area contributed by atoms with Crippen molar-refractivity contribution in [2.45, 2.75) is 0 Å². The van der Waals surface area contributed by atoms with Crippen LogP contribution in [0.2, 0.25) is 0 Å². The van der Waals surface area contributed by atoms with Crippen molar-refractivity contribution in [3.8, 4) is 5.75 Å². The van der Waals surface area contributed by atoms with Crippen LogP contribution in [-0.2, 0) is 0 Å². The van der Waals surface area contributed by atoms with Crippen molar-refractivity contribution in [2.75, 3.05) is 43.5 Å². The second-order valence-electron chi connectivity index (χ2n) is 6.46. The second-order valence-corrected chi connectivity index (χ2v) is 6.46. The van der Waals surface area contributed by atoms with Crippen LogP contribution in [0.4, 0.5) is 16.2 Å². The van der Waals surface area contributed by atoms with Crippen LogP contribution in [0.15, 0.2) is 60.8 Å². The van der Waals surface area contributed by atoms with E-state index in [-0.39, 0.29) is 6.03 Å². The summed E-state index contributed by atoms with van der Waals surface area (Å²) in [6.07, 6.45) is 1.74. The predicted molar refractivity (Wildman–Crippen MR) is 108 cm³/mol. The molecule has 0 unspecified atom stereocenters. The van der Waals surface area contributed by atoms with Gasteiger partial charge in [0.05, 0.1) is 24.0 Å². The maximum Gasteiger partial charge on any atom is 0.322 e. The Morgan fingerprint density at radius 1 is 1.00 bits per heavy atom. The highest BCUT2D eigenvalue weighted by atomic mass is 16.5. The highest BCUT2D eigenvalue weighted by molar-refractivity contribution is 5.99. The third kappa shape index (κ3) is 3.51. The Labute approximate surface area is 158 Å². The molecule has 1 fully saturated rings. The largest absolute Gasteiger partial charge is 0.495 e. The third-order valence-electron chi connectivity index (χ3n) is 4.87. The Morgan fingerprint density at radius 3 is 2.59 bits per heavy atom. The fraction of sp³-hybridized carbons (Fsp3) is 0.238. The van der Waals surface area contributed by atoms with Crippen LogP contribution in [0.25, 0.3) is 10.9 Å². The maximum absolute atomic E-state index is 12.7. The summed E-state index contributed by atoms with van der Waals surface area (Å²) in [6, 6.07) is 17.6. The zero-order valence-corrected chi connectivity index (χ0v) is 15.3. The monoisotopic (exact) mass is 362 g/mol. The van der Waals surface area contributed by atoms with E-state index in [1.807, 2.05) is 53.4 Å². The Hall–Kier alpha value is -3.28. The number of anilines is 2.